The Hall–Kier alpha value is -0.160. The maximum absolute atomic E-state index is 9.02. The number of aliphatic hydroxyl groups is 3. The van der Waals surface area contributed by atoms with E-state index in [0.29, 0.717) is 0 Å². The van der Waals surface area contributed by atoms with Gasteiger partial charge in [-0.2, -0.15) is 0 Å². The van der Waals surface area contributed by atoms with E-state index >= 15 is 0 Å². The van der Waals surface area contributed by atoms with Crippen LogP contribution in [0.1, 0.15) is 6.92 Å². The number of hydrogen-bond donors (Lipinski definition) is 4. The fourth-order valence-electron chi connectivity index (χ4n) is 0.651. The molecule has 4 nitrogen and oxygen atoms in total. The Kier molecular flexibility index (Phi) is 4.55. The highest BCUT2D eigenvalue weighted by molar-refractivity contribution is 4.72. The number of rotatable bonds is 4. The van der Waals surface area contributed by atoms with Crippen molar-refractivity contribution in [1.29, 1.82) is 0 Å². The molecule has 0 aromatic carbocycles. The molecule has 0 spiro atoms. The lowest BCUT2D eigenvalue weighted by molar-refractivity contribution is -0.0497. The molecule has 0 amide bonds. The van der Waals surface area contributed by atoms with Crippen LogP contribution in [-0.4, -0.2) is 47.2 Å². The summed E-state index contributed by atoms with van der Waals surface area (Å²) >= 11 is 0. The van der Waals surface area contributed by atoms with Gasteiger partial charge < -0.3 is 20.6 Å². The van der Waals surface area contributed by atoms with Gasteiger partial charge in [0.05, 0.1) is 12.2 Å². The summed E-state index contributed by atoms with van der Waals surface area (Å²) in [6, 6.07) is 0. The normalized spacial score (nSPS) is 20.1. The molecule has 0 aliphatic heterocycles. The van der Waals surface area contributed by atoms with Crippen LogP contribution in [0.4, 0.5) is 0 Å². The largest absolute Gasteiger partial charge is 0.391 e. The molecule has 4 N–H and O–H groups in total. The number of likely N-dealkylation sites (N-methyl/N-ethyl adjacent to an activating group) is 1. The van der Waals surface area contributed by atoms with Gasteiger partial charge in [0.25, 0.3) is 0 Å². The van der Waals surface area contributed by atoms with E-state index in [2.05, 4.69) is 5.32 Å². The third kappa shape index (κ3) is 3.12. The van der Waals surface area contributed by atoms with Crippen molar-refractivity contribution in [3.05, 3.63) is 0 Å². The first-order chi connectivity index (χ1) is 4.59. The average molecular weight is 149 g/mol. The summed E-state index contributed by atoms with van der Waals surface area (Å²) in [5, 5.41) is 29.5. The topological polar surface area (TPSA) is 72.7 Å². The standard InChI is InChI=1S/C6H15NO3/c1-4(8)6(10)5(9)3-7-2/h4-10H,3H2,1-2H3. The molecule has 3 atom stereocenters. The number of aliphatic hydroxyl groups excluding tert-OH is 3. The van der Waals surface area contributed by atoms with Crippen molar-refractivity contribution in [3.8, 4) is 0 Å². The highest BCUT2D eigenvalue weighted by atomic mass is 16.4. The maximum Gasteiger partial charge on any atom is 0.107 e. The molecule has 10 heavy (non-hydrogen) atoms. The van der Waals surface area contributed by atoms with Crippen LogP contribution in [0.15, 0.2) is 0 Å². The Morgan fingerprint density at radius 2 is 1.80 bits per heavy atom. The van der Waals surface area contributed by atoms with Crippen LogP contribution < -0.4 is 5.32 Å². The molecule has 0 aliphatic rings. The van der Waals surface area contributed by atoms with Crippen LogP contribution in [-0.2, 0) is 0 Å². The fraction of sp³-hybridized carbons (Fsp3) is 1.00. The molecule has 0 heterocycles. The second kappa shape index (κ2) is 4.62. The molecule has 0 radical (unpaired) electrons. The van der Waals surface area contributed by atoms with Crippen molar-refractivity contribution in [2.24, 2.45) is 0 Å². The maximum atomic E-state index is 9.02. The highest BCUT2D eigenvalue weighted by Gasteiger charge is 2.19. The minimum absolute atomic E-state index is 0.284. The van der Waals surface area contributed by atoms with Crippen LogP contribution in [0.25, 0.3) is 0 Å². The molecule has 4 heteroatoms. The van der Waals surface area contributed by atoms with Crippen LogP contribution in [0.2, 0.25) is 0 Å². The quantitative estimate of drug-likeness (QED) is 0.385. The Labute approximate surface area is 60.5 Å². The number of nitrogens with one attached hydrogen (secondary N) is 1. The smallest absolute Gasteiger partial charge is 0.107 e. The molecule has 0 aromatic heterocycles. The Morgan fingerprint density at radius 1 is 1.30 bits per heavy atom. The first-order valence-corrected chi connectivity index (χ1v) is 3.28. The van der Waals surface area contributed by atoms with E-state index in [-0.39, 0.29) is 6.54 Å². The summed E-state index contributed by atoms with van der Waals surface area (Å²) in [4.78, 5) is 0. The van der Waals surface area contributed by atoms with Gasteiger partial charge in [0.15, 0.2) is 0 Å². The van der Waals surface area contributed by atoms with Crippen molar-refractivity contribution in [2.75, 3.05) is 13.6 Å². The molecule has 0 saturated carbocycles. The van der Waals surface area contributed by atoms with Crippen molar-refractivity contribution >= 4 is 0 Å². The fourth-order valence-corrected chi connectivity index (χ4v) is 0.651. The van der Waals surface area contributed by atoms with E-state index in [1.165, 1.54) is 6.92 Å². The molecule has 0 rings (SSSR count). The first-order valence-electron chi connectivity index (χ1n) is 3.28. The lowest BCUT2D eigenvalue weighted by atomic mass is 10.1. The molecule has 0 aliphatic carbocycles. The van der Waals surface area contributed by atoms with Gasteiger partial charge in [-0.25, -0.2) is 0 Å². The summed E-state index contributed by atoms with van der Waals surface area (Å²) in [6.07, 6.45) is -2.85. The van der Waals surface area contributed by atoms with Crippen LogP contribution in [0, 0.1) is 0 Å². The predicted molar refractivity (Wildman–Crippen MR) is 37.6 cm³/mol. The molecule has 0 saturated heterocycles. The second-order valence-electron chi connectivity index (χ2n) is 2.36. The second-order valence-corrected chi connectivity index (χ2v) is 2.36. The molecular formula is C6H15NO3. The van der Waals surface area contributed by atoms with Gasteiger partial charge in [0.1, 0.15) is 6.10 Å². The summed E-state index contributed by atoms with van der Waals surface area (Å²) in [6.45, 7) is 1.72. The summed E-state index contributed by atoms with van der Waals surface area (Å²) in [5.74, 6) is 0. The van der Waals surface area contributed by atoms with E-state index in [1.807, 2.05) is 0 Å². The molecule has 0 fully saturated rings. The first kappa shape index (κ1) is 9.84. The van der Waals surface area contributed by atoms with Crippen molar-refractivity contribution in [1.82, 2.24) is 5.32 Å². The number of hydrogen-bond acceptors (Lipinski definition) is 4. The third-order valence-corrected chi connectivity index (χ3v) is 1.30. The van der Waals surface area contributed by atoms with Gasteiger partial charge in [-0.05, 0) is 14.0 Å². The SMILES string of the molecule is CNCC(O)C(O)C(C)O. The lowest BCUT2D eigenvalue weighted by Crippen LogP contribution is -2.41. The highest BCUT2D eigenvalue weighted by Crippen LogP contribution is 1.97. The zero-order valence-corrected chi connectivity index (χ0v) is 6.28. The molecule has 0 bridgehead atoms. The lowest BCUT2D eigenvalue weighted by Gasteiger charge is -2.19. The van der Waals surface area contributed by atoms with E-state index in [9.17, 15) is 0 Å². The predicted octanol–water partition coefficient (Wildman–Crippen LogP) is -1.69. The minimum Gasteiger partial charge on any atom is -0.391 e. The van der Waals surface area contributed by atoms with E-state index < -0.39 is 18.3 Å². The van der Waals surface area contributed by atoms with Crippen molar-refractivity contribution in [2.45, 2.75) is 25.2 Å². The van der Waals surface area contributed by atoms with E-state index in [0.717, 1.165) is 0 Å². The molecule has 62 valence electrons. The minimum atomic E-state index is -1.06. The van der Waals surface area contributed by atoms with Gasteiger partial charge >= 0.3 is 0 Å². The molecular weight excluding hydrogens is 134 g/mol. The van der Waals surface area contributed by atoms with Crippen molar-refractivity contribution < 1.29 is 15.3 Å². The Bertz CT molecular complexity index is 87.1. The average Bonchev–Trinajstić information content (AvgIpc) is 1.87. The van der Waals surface area contributed by atoms with E-state index in [1.54, 1.807) is 7.05 Å². The van der Waals surface area contributed by atoms with Crippen LogP contribution in [0.3, 0.4) is 0 Å². The summed E-state index contributed by atoms with van der Waals surface area (Å²) < 4.78 is 0. The van der Waals surface area contributed by atoms with Crippen LogP contribution >= 0.6 is 0 Å². The summed E-state index contributed by atoms with van der Waals surface area (Å²) in [5.41, 5.74) is 0. The van der Waals surface area contributed by atoms with Gasteiger partial charge in [-0.1, -0.05) is 0 Å². The Balaban J connectivity index is 3.58. The van der Waals surface area contributed by atoms with Crippen molar-refractivity contribution in [3.63, 3.8) is 0 Å². The molecule has 0 aromatic rings. The van der Waals surface area contributed by atoms with Gasteiger partial charge in [-0.15, -0.1) is 0 Å². The Morgan fingerprint density at radius 3 is 2.10 bits per heavy atom. The van der Waals surface area contributed by atoms with Crippen LogP contribution in [0.5, 0.6) is 0 Å². The van der Waals surface area contributed by atoms with E-state index in [4.69, 9.17) is 15.3 Å². The monoisotopic (exact) mass is 149 g/mol. The zero-order valence-electron chi connectivity index (χ0n) is 6.28. The van der Waals surface area contributed by atoms with Gasteiger partial charge in [-0.3, -0.25) is 0 Å². The molecule has 3 unspecified atom stereocenters. The van der Waals surface area contributed by atoms with Gasteiger partial charge in [0, 0.05) is 6.54 Å². The summed E-state index contributed by atoms with van der Waals surface area (Å²) in [7, 11) is 1.66. The third-order valence-electron chi connectivity index (χ3n) is 1.30. The zero-order chi connectivity index (χ0) is 8.15. The van der Waals surface area contributed by atoms with Gasteiger partial charge in [0.2, 0.25) is 0 Å².